The number of amides is 1. The van der Waals surface area contributed by atoms with Gasteiger partial charge in [-0.05, 0) is 80.3 Å². The maximum atomic E-state index is 13.4. The van der Waals surface area contributed by atoms with Gasteiger partial charge in [-0.15, -0.1) is 0 Å². The van der Waals surface area contributed by atoms with E-state index in [0.717, 1.165) is 56.5 Å². The Morgan fingerprint density at radius 3 is 2.43 bits per heavy atom. The molecule has 0 spiro atoms. The molecule has 4 nitrogen and oxygen atoms in total. The van der Waals surface area contributed by atoms with Crippen molar-refractivity contribution < 1.29 is 13.4 Å². The third-order valence-electron chi connectivity index (χ3n) is 6.94. The van der Waals surface area contributed by atoms with E-state index in [0.29, 0.717) is 11.5 Å². The first-order valence-corrected chi connectivity index (χ1v) is 12.4. The van der Waals surface area contributed by atoms with E-state index in [-0.39, 0.29) is 23.8 Å². The minimum atomic E-state index is -1.39. The van der Waals surface area contributed by atoms with Crippen molar-refractivity contribution in [1.29, 1.82) is 0 Å². The summed E-state index contributed by atoms with van der Waals surface area (Å²) in [6.07, 6.45) is 5.99. The van der Waals surface area contributed by atoms with E-state index in [4.69, 9.17) is 0 Å². The Bertz CT molecular complexity index is 950. The van der Waals surface area contributed by atoms with Crippen molar-refractivity contribution in [2.45, 2.75) is 56.5 Å². The van der Waals surface area contributed by atoms with E-state index < -0.39 is 11.0 Å². The molecular formula is C24H28FN2O2S+. The Kier molecular flexibility index (Phi) is 5.35. The molecule has 2 aromatic rings. The third kappa shape index (κ3) is 3.66. The van der Waals surface area contributed by atoms with Crippen LogP contribution in [0, 0.1) is 5.82 Å². The largest absolute Gasteiger partial charge is 0.333 e. The Hall–Kier alpha value is -2.21. The molecule has 0 radical (unpaired) electrons. The van der Waals surface area contributed by atoms with Crippen LogP contribution in [0.25, 0.3) is 0 Å². The van der Waals surface area contributed by atoms with Gasteiger partial charge in [-0.1, -0.05) is 22.4 Å². The molecule has 4 atom stereocenters. The maximum Gasteiger partial charge on any atom is 0.254 e. The summed E-state index contributed by atoms with van der Waals surface area (Å²) < 4.78 is 27.7. The predicted molar refractivity (Wildman–Crippen MR) is 119 cm³/mol. The lowest BCUT2D eigenvalue weighted by Crippen LogP contribution is -2.46. The van der Waals surface area contributed by atoms with E-state index in [9.17, 15) is 13.4 Å². The molecule has 2 aromatic carbocycles. The van der Waals surface area contributed by atoms with Crippen molar-refractivity contribution in [1.82, 2.24) is 4.90 Å². The monoisotopic (exact) mass is 427 g/mol. The average molecular weight is 428 g/mol. The molecule has 0 saturated carbocycles. The molecule has 3 fully saturated rings. The van der Waals surface area contributed by atoms with Crippen LogP contribution in [0.5, 0.6) is 0 Å². The highest BCUT2D eigenvalue weighted by atomic mass is 32.2. The number of hydrogen-bond acceptors (Lipinski definition) is 2. The Balaban J connectivity index is 1.34. The highest BCUT2D eigenvalue weighted by molar-refractivity contribution is 7.86. The number of nitrogens with zero attached hydrogens (tertiary/aromatic N) is 2. The molecular weight excluding hydrogens is 399 g/mol. The molecule has 3 aliphatic heterocycles. The smallest absolute Gasteiger partial charge is 0.254 e. The van der Waals surface area contributed by atoms with Gasteiger partial charge in [0.1, 0.15) is 11.6 Å². The topological polar surface area (TPSA) is 40.6 Å². The van der Waals surface area contributed by atoms with Gasteiger partial charge in [-0.3, -0.25) is 4.79 Å². The number of hydrogen-bond donors (Lipinski definition) is 0. The van der Waals surface area contributed by atoms with Gasteiger partial charge in [0.2, 0.25) is 0 Å². The molecule has 2 bridgehead atoms. The second kappa shape index (κ2) is 8.14. The molecule has 6 heteroatoms. The van der Waals surface area contributed by atoms with Gasteiger partial charge in [0.05, 0.1) is 12.2 Å². The van der Waals surface area contributed by atoms with Crippen molar-refractivity contribution in [2.75, 3.05) is 16.6 Å². The highest BCUT2D eigenvalue weighted by Crippen LogP contribution is 2.43. The first-order chi connectivity index (χ1) is 14.6. The minimum absolute atomic E-state index is 0.0918. The first-order valence-electron chi connectivity index (χ1n) is 11.0. The Morgan fingerprint density at radius 1 is 1.00 bits per heavy atom. The van der Waals surface area contributed by atoms with Gasteiger partial charge in [-0.25, -0.2) is 4.39 Å². The predicted octanol–water partition coefficient (Wildman–Crippen LogP) is 4.59. The number of anilines is 1. The maximum absolute atomic E-state index is 13.4. The van der Waals surface area contributed by atoms with Crippen LogP contribution in [0.15, 0.2) is 48.5 Å². The fraction of sp³-hybridized carbons (Fsp3) is 0.458. The van der Waals surface area contributed by atoms with Gasteiger partial charge in [-0.2, -0.15) is 4.31 Å². The van der Waals surface area contributed by atoms with E-state index in [2.05, 4.69) is 4.90 Å². The number of thiol groups is 1. The second-order valence-electron chi connectivity index (χ2n) is 8.77. The fourth-order valence-electron chi connectivity index (χ4n) is 5.46. The van der Waals surface area contributed by atoms with Crippen LogP contribution in [0.1, 0.15) is 60.4 Å². The summed E-state index contributed by atoms with van der Waals surface area (Å²) in [5.41, 5.74) is 2.77. The summed E-state index contributed by atoms with van der Waals surface area (Å²) in [5, 5.41) is 0. The Labute approximate surface area is 179 Å². The van der Waals surface area contributed by atoms with Gasteiger partial charge in [0.15, 0.2) is 11.0 Å². The molecule has 0 aliphatic carbocycles. The third-order valence-corrected chi connectivity index (χ3v) is 8.61. The standard InChI is InChI=1S/C24H27FN2O2S/c25-20-8-6-17(7-9-20)19-15-22-10-11-23(16-19)27(22)24(28)18-4-3-5-21(14-18)26-12-1-2-13-30(26)29/h3-9,14,19,22-23H,1-2,10-13,15-16H2/p+1/t19?,22-,23+,30?. The molecule has 30 heavy (non-hydrogen) atoms. The molecule has 0 N–H and O–H groups in total. The summed E-state index contributed by atoms with van der Waals surface area (Å²) in [5.74, 6) is 1.00. The van der Waals surface area contributed by atoms with Crippen LogP contribution >= 0.6 is 0 Å². The SMILES string of the molecule is O=C(c1cccc(N2CCCC[SH+]2=O)c1)N1[C@@H]2CC[C@H]1CC(c1ccc(F)cc1)C2. The lowest BCUT2D eigenvalue weighted by Gasteiger charge is -2.39. The van der Waals surface area contributed by atoms with Crippen LogP contribution in [0.4, 0.5) is 10.1 Å². The normalized spacial score (nSPS) is 28.6. The van der Waals surface area contributed by atoms with Gasteiger partial charge >= 0.3 is 0 Å². The molecule has 1 amide bonds. The summed E-state index contributed by atoms with van der Waals surface area (Å²) in [7, 11) is -1.39. The molecule has 0 aromatic heterocycles. The van der Waals surface area contributed by atoms with E-state index >= 15 is 0 Å². The summed E-state index contributed by atoms with van der Waals surface area (Å²) in [4.78, 5) is 15.5. The number of halogens is 1. The second-order valence-corrected chi connectivity index (χ2v) is 10.4. The average Bonchev–Trinajstić information content (AvgIpc) is 3.03. The molecule has 5 rings (SSSR count). The molecule has 2 unspecified atom stereocenters. The fourth-order valence-corrected chi connectivity index (χ4v) is 6.95. The van der Waals surface area contributed by atoms with Crippen LogP contribution in [0.3, 0.4) is 0 Å². The van der Waals surface area contributed by atoms with Crippen LogP contribution in [-0.4, -0.2) is 35.2 Å². The lowest BCUT2D eigenvalue weighted by molar-refractivity contribution is 0.0571. The highest BCUT2D eigenvalue weighted by Gasteiger charge is 2.43. The van der Waals surface area contributed by atoms with Crippen molar-refractivity contribution in [2.24, 2.45) is 0 Å². The van der Waals surface area contributed by atoms with Crippen LogP contribution < -0.4 is 4.31 Å². The van der Waals surface area contributed by atoms with Crippen molar-refractivity contribution in [3.63, 3.8) is 0 Å². The van der Waals surface area contributed by atoms with Crippen molar-refractivity contribution in [3.8, 4) is 0 Å². The zero-order chi connectivity index (χ0) is 20.7. The summed E-state index contributed by atoms with van der Waals surface area (Å²) in [6, 6.07) is 15.0. The number of piperidine rings is 1. The Morgan fingerprint density at radius 2 is 1.73 bits per heavy atom. The molecule has 3 heterocycles. The number of fused-ring (bicyclic) bond motifs is 2. The minimum Gasteiger partial charge on any atom is -0.333 e. The summed E-state index contributed by atoms with van der Waals surface area (Å²) >= 11 is 0. The van der Waals surface area contributed by atoms with E-state index in [1.807, 2.05) is 40.7 Å². The molecule has 3 aliphatic rings. The van der Waals surface area contributed by atoms with Crippen LogP contribution in [0.2, 0.25) is 0 Å². The van der Waals surface area contributed by atoms with E-state index in [1.165, 1.54) is 17.7 Å². The number of rotatable bonds is 3. The van der Waals surface area contributed by atoms with E-state index in [1.54, 1.807) is 0 Å². The van der Waals surface area contributed by atoms with Crippen molar-refractivity contribution >= 4 is 22.6 Å². The number of benzene rings is 2. The lowest BCUT2D eigenvalue weighted by atomic mass is 9.85. The number of carbonyl (C=O) groups excluding carboxylic acids is 1. The number of carbonyl (C=O) groups is 1. The molecule has 158 valence electrons. The molecule has 3 saturated heterocycles. The first kappa shape index (κ1) is 19.7. The van der Waals surface area contributed by atoms with Crippen molar-refractivity contribution in [3.05, 3.63) is 65.5 Å². The quantitative estimate of drug-likeness (QED) is 0.531. The van der Waals surface area contributed by atoms with Crippen LogP contribution in [-0.2, 0) is 15.2 Å². The van der Waals surface area contributed by atoms with Gasteiger partial charge in [0, 0.05) is 17.6 Å². The van der Waals surface area contributed by atoms with Gasteiger partial charge < -0.3 is 4.90 Å². The zero-order valence-electron chi connectivity index (χ0n) is 17.0. The van der Waals surface area contributed by atoms with Gasteiger partial charge in [0.25, 0.3) is 5.91 Å². The zero-order valence-corrected chi connectivity index (χ0v) is 17.9. The summed E-state index contributed by atoms with van der Waals surface area (Å²) in [6.45, 7) is 0.793.